The fourth-order valence-corrected chi connectivity index (χ4v) is 1.63. The van der Waals surface area contributed by atoms with E-state index in [1.807, 2.05) is 26.0 Å². The van der Waals surface area contributed by atoms with Gasteiger partial charge < -0.3 is 9.84 Å². The lowest BCUT2D eigenvalue weighted by atomic mass is 10.2. The van der Waals surface area contributed by atoms with Crippen molar-refractivity contribution < 1.29 is 19.4 Å². The molecular formula is C14H19NO4. The molecule has 0 radical (unpaired) electrons. The van der Waals surface area contributed by atoms with Gasteiger partial charge in [0.25, 0.3) is 0 Å². The Kier molecular flexibility index (Phi) is 5.85. The monoisotopic (exact) mass is 265 g/mol. The number of nitrogens with zero attached hydrogens (tertiary/aromatic N) is 1. The average molecular weight is 265 g/mol. The van der Waals surface area contributed by atoms with E-state index in [-0.39, 0.29) is 0 Å². The molecule has 0 unspecified atom stereocenters. The summed E-state index contributed by atoms with van der Waals surface area (Å²) in [5.74, 6) is -1.07. The number of hydrogen-bond acceptors (Lipinski definition) is 3. The van der Waals surface area contributed by atoms with E-state index in [1.54, 1.807) is 12.1 Å². The molecule has 0 aliphatic carbocycles. The summed E-state index contributed by atoms with van der Waals surface area (Å²) in [6.07, 6.45) is 1.06. The first-order valence-corrected chi connectivity index (χ1v) is 6.28. The van der Waals surface area contributed by atoms with Gasteiger partial charge in [-0.25, -0.2) is 4.79 Å². The number of aliphatic carboxylic acids is 1. The Balaban J connectivity index is 2.86. The normalized spacial score (nSPS) is 10.0. The standard InChI is InChI=1S/C14H19NO4/c1-3-4-9-19-14(18)15(10-13(16)17)12-8-6-5-7-11(12)2/h5-8H,3-4,9-10H2,1-2H3,(H,16,17). The van der Waals surface area contributed by atoms with Gasteiger partial charge in [-0.05, 0) is 25.0 Å². The van der Waals surface area contributed by atoms with Crippen molar-refractivity contribution in [2.45, 2.75) is 26.7 Å². The Morgan fingerprint density at radius 1 is 1.32 bits per heavy atom. The maximum Gasteiger partial charge on any atom is 0.414 e. The Hall–Kier alpha value is -2.04. The van der Waals surface area contributed by atoms with E-state index in [9.17, 15) is 9.59 Å². The summed E-state index contributed by atoms with van der Waals surface area (Å²) in [7, 11) is 0. The summed E-state index contributed by atoms with van der Waals surface area (Å²) < 4.78 is 5.08. The van der Waals surface area contributed by atoms with Crippen LogP contribution in [0.25, 0.3) is 0 Å². The average Bonchev–Trinajstić information content (AvgIpc) is 2.37. The topological polar surface area (TPSA) is 66.8 Å². The first-order chi connectivity index (χ1) is 9.06. The summed E-state index contributed by atoms with van der Waals surface area (Å²) in [5.41, 5.74) is 1.39. The number of rotatable bonds is 6. The number of hydrogen-bond donors (Lipinski definition) is 1. The molecule has 1 rings (SSSR count). The number of ether oxygens (including phenoxy) is 1. The van der Waals surface area contributed by atoms with Crippen molar-refractivity contribution in [2.24, 2.45) is 0 Å². The van der Waals surface area contributed by atoms with Gasteiger partial charge >= 0.3 is 12.1 Å². The molecule has 0 bridgehead atoms. The zero-order chi connectivity index (χ0) is 14.3. The second-order valence-electron chi connectivity index (χ2n) is 4.23. The Bertz CT molecular complexity index is 445. The number of carboxylic acid groups (broad SMARTS) is 1. The third-order valence-corrected chi connectivity index (χ3v) is 2.64. The summed E-state index contributed by atoms with van der Waals surface area (Å²) >= 11 is 0. The van der Waals surface area contributed by atoms with Crippen molar-refractivity contribution in [3.8, 4) is 0 Å². The van der Waals surface area contributed by atoms with Crippen molar-refractivity contribution in [1.29, 1.82) is 0 Å². The Morgan fingerprint density at radius 2 is 2.00 bits per heavy atom. The number of unbranched alkanes of at least 4 members (excludes halogenated alkanes) is 1. The fraction of sp³-hybridized carbons (Fsp3) is 0.429. The van der Waals surface area contributed by atoms with Crippen molar-refractivity contribution in [3.05, 3.63) is 29.8 Å². The number of carbonyl (C=O) groups is 2. The van der Waals surface area contributed by atoms with Gasteiger partial charge in [-0.2, -0.15) is 0 Å². The van der Waals surface area contributed by atoms with Crippen LogP contribution in [0.4, 0.5) is 10.5 Å². The zero-order valence-corrected chi connectivity index (χ0v) is 11.3. The number of aryl methyl sites for hydroxylation is 1. The molecule has 0 saturated heterocycles. The van der Waals surface area contributed by atoms with Gasteiger partial charge in [-0.15, -0.1) is 0 Å². The van der Waals surface area contributed by atoms with Gasteiger partial charge in [0.05, 0.1) is 12.3 Å². The number of para-hydroxylation sites is 1. The van der Waals surface area contributed by atoms with Gasteiger partial charge in [0.15, 0.2) is 0 Å². The van der Waals surface area contributed by atoms with Gasteiger partial charge in [0, 0.05) is 0 Å². The van der Waals surface area contributed by atoms with Gasteiger partial charge in [0.1, 0.15) is 6.54 Å². The van der Waals surface area contributed by atoms with E-state index >= 15 is 0 Å². The highest BCUT2D eigenvalue weighted by molar-refractivity contribution is 5.93. The van der Waals surface area contributed by atoms with Crippen molar-refractivity contribution in [1.82, 2.24) is 0 Å². The molecule has 0 aromatic heterocycles. The van der Waals surface area contributed by atoms with Crippen LogP contribution in [-0.4, -0.2) is 30.3 Å². The maximum atomic E-state index is 11.9. The number of benzene rings is 1. The number of amides is 1. The molecule has 0 spiro atoms. The summed E-state index contributed by atoms with van der Waals surface area (Å²) in [6.45, 7) is 3.71. The second kappa shape index (κ2) is 7.41. The summed E-state index contributed by atoms with van der Waals surface area (Å²) in [4.78, 5) is 24.0. The number of anilines is 1. The summed E-state index contributed by atoms with van der Waals surface area (Å²) in [6, 6.07) is 7.12. The van der Waals surface area contributed by atoms with Gasteiger partial charge in [-0.1, -0.05) is 31.5 Å². The highest BCUT2D eigenvalue weighted by Gasteiger charge is 2.21. The van der Waals surface area contributed by atoms with E-state index in [1.165, 1.54) is 0 Å². The maximum absolute atomic E-state index is 11.9. The van der Waals surface area contributed by atoms with E-state index < -0.39 is 18.6 Å². The molecular weight excluding hydrogens is 246 g/mol. The SMILES string of the molecule is CCCCOC(=O)N(CC(=O)O)c1ccccc1C. The van der Waals surface area contributed by atoms with Crippen molar-refractivity contribution in [2.75, 3.05) is 18.1 Å². The minimum Gasteiger partial charge on any atom is -0.480 e. The highest BCUT2D eigenvalue weighted by Crippen LogP contribution is 2.20. The molecule has 5 heteroatoms. The molecule has 0 saturated carbocycles. The van der Waals surface area contributed by atoms with Crippen molar-refractivity contribution in [3.63, 3.8) is 0 Å². The quantitative estimate of drug-likeness (QED) is 0.803. The van der Waals surface area contributed by atoms with Crippen LogP contribution >= 0.6 is 0 Å². The molecule has 0 aliphatic rings. The lowest BCUT2D eigenvalue weighted by Gasteiger charge is -2.22. The second-order valence-corrected chi connectivity index (χ2v) is 4.23. The van der Waals surface area contributed by atoms with Crippen LogP contribution in [-0.2, 0) is 9.53 Å². The molecule has 5 nitrogen and oxygen atoms in total. The van der Waals surface area contributed by atoms with Crippen LogP contribution in [0.15, 0.2) is 24.3 Å². The van der Waals surface area contributed by atoms with E-state index in [0.29, 0.717) is 12.3 Å². The smallest absolute Gasteiger partial charge is 0.414 e. The molecule has 1 aromatic carbocycles. The third-order valence-electron chi connectivity index (χ3n) is 2.64. The zero-order valence-electron chi connectivity index (χ0n) is 11.3. The third kappa shape index (κ3) is 4.62. The predicted molar refractivity (Wildman–Crippen MR) is 72.4 cm³/mol. The lowest BCUT2D eigenvalue weighted by Crippen LogP contribution is -2.36. The minimum absolute atomic E-state index is 0.303. The molecule has 0 heterocycles. The van der Waals surface area contributed by atoms with E-state index in [2.05, 4.69) is 0 Å². The molecule has 1 aromatic rings. The molecule has 19 heavy (non-hydrogen) atoms. The Labute approximate surface area is 112 Å². The van der Waals surface area contributed by atoms with Crippen LogP contribution in [0.1, 0.15) is 25.3 Å². The molecule has 1 N–H and O–H groups in total. The molecule has 0 fully saturated rings. The molecule has 0 atom stereocenters. The summed E-state index contributed by atoms with van der Waals surface area (Å²) in [5, 5.41) is 8.91. The Morgan fingerprint density at radius 3 is 2.58 bits per heavy atom. The van der Waals surface area contributed by atoms with Crippen LogP contribution in [0.3, 0.4) is 0 Å². The predicted octanol–water partition coefficient (Wildman–Crippen LogP) is 2.82. The largest absolute Gasteiger partial charge is 0.480 e. The molecule has 104 valence electrons. The van der Waals surface area contributed by atoms with Gasteiger partial charge in [0.2, 0.25) is 0 Å². The molecule has 0 aliphatic heterocycles. The first-order valence-electron chi connectivity index (χ1n) is 6.28. The van der Waals surface area contributed by atoms with E-state index in [0.717, 1.165) is 23.3 Å². The van der Waals surface area contributed by atoms with Crippen LogP contribution in [0.2, 0.25) is 0 Å². The van der Waals surface area contributed by atoms with Gasteiger partial charge in [-0.3, -0.25) is 9.69 Å². The molecule has 1 amide bonds. The number of carbonyl (C=O) groups excluding carboxylic acids is 1. The number of carboxylic acids is 1. The van der Waals surface area contributed by atoms with Crippen LogP contribution in [0.5, 0.6) is 0 Å². The lowest BCUT2D eigenvalue weighted by molar-refractivity contribution is -0.135. The van der Waals surface area contributed by atoms with Crippen molar-refractivity contribution >= 4 is 17.7 Å². The van der Waals surface area contributed by atoms with Crippen LogP contribution < -0.4 is 4.90 Å². The van der Waals surface area contributed by atoms with Crippen LogP contribution in [0, 0.1) is 6.92 Å². The highest BCUT2D eigenvalue weighted by atomic mass is 16.6. The minimum atomic E-state index is -1.07. The first kappa shape index (κ1) is 15.0. The fourth-order valence-electron chi connectivity index (χ4n) is 1.63. The van der Waals surface area contributed by atoms with E-state index in [4.69, 9.17) is 9.84 Å².